The van der Waals surface area contributed by atoms with Crippen LogP contribution >= 0.6 is 11.6 Å². The van der Waals surface area contributed by atoms with Gasteiger partial charge in [0.1, 0.15) is 6.10 Å². The summed E-state index contributed by atoms with van der Waals surface area (Å²) in [4.78, 5) is 4.08. The summed E-state index contributed by atoms with van der Waals surface area (Å²) in [7, 11) is 0. The quantitative estimate of drug-likeness (QED) is 0.843. The van der Waals surface area contributed by atoms with E-state index in [2.05, 4.69) is 4.98 Å². The van der Waals surface area contributed by atoms with Crippen LogP contribution in [0.25, 0.3) is 0 Å². The number of benzene rings is 1. The van der Waals surface area contributed by atoms with Gasteiger partial charge in [0.05, 0.1) is 5.69 Å². The molecule has 0 amide bonds. The Balaban J connectivity index is 2.32. The molecule has 1 aromatic carbocycles. The van der Waals surface area contributed by atoms with Crippen LogP contribution in [-0.4, -0.2) is 10.1 Å². The highest BCUT2D eigenvalue weighted by molar-refractivity contribution is 6.30. The lowest BCUT2D eigenvalue weighted by atomic mass is 10.1. The van der Waals surface area contributed by atoms with Crippen LogP contribution in [-0.2, 0) is 0 Å². The molecule has 0 saturated carbocycles. The molecule has 1 atom stereocenters. The summed E-state index contributed by atoms with van der Waals surface area (Å²) >= 11 is 5.83. The highest BCUT2D eigenvalue weighted by atomic mass is 35.5. The number of pyridine rings is 1. The average Bonchev–Trinajstić information content (AvgIpc) is 2.29. The third kappa shape index (κ3) is 2.35. The van der Waals surface area contributed by atoms with Crippen LogP contribution in [0.2, 0.25) is 5.02 Å². The minimum absolute atomic E-state index is 0.564. The lowest BCUT2D eigenvalue weighted by molar-refractivity contribution is 0.215. The highest BCUT2D eigenvalue weighted by Crippen LogP contribution is 2.21. The Labute approximate surface area is 93.2 Å². The van der Waals surface area contributed by atoms with Crippen LogP contribution in [0.15, 0.2) is 48.7 Å². The first kappa shape index (κ1) is 10.1. The van der Waals surface area contributed by atoms with Gasteiger partial charge in [0, 0.05) is 11.2 Å². The molecule has 0 saturated heterocycles. The van der Waals surface area contributed by atoms with E-state index in [0.717, 1.165) is 5.56 Å². The minimum Gasteiger partial charge on any atom is -0.382 e. The fraction of sp³-hybridized carbons (Fsp3) is 0.0833. The maximum Gasteiger partial charge on any atom is 0.121 e. The molecule has 0 aliphatic heterocycles. The van der Waals surface area contributed by atoms with Gasteiger partial charge in [-0.05, 0) is 17.7 Å². The zero-order chi connectivity index (χ0) is 10.7. The molecule has 0 fully saturated rings. The number of nitrogens with zero attached hydrogens (tertiary/aromatic N) is 1. The Kier molecular flexibility index (Phi) is 2.99. The largest absolute Gasteiger partial charge is 0.382 e. The molecule has 76 valence electrons. The summed E-state index contributed by atoms with van der Waals surface area (Å²) in [5.74, 6) is 0. The van der Waals surface area contributed by atoms with Gasteiger partial charge in [-0.3, -0.25) is 4.98 Å². The van der Waals surface area contributed by atoms with Crippen molar-refractivity contribution >= 4 is 11.6 Å². The zero-order valence-corrected chi connectivity index (χ0v) is 8.72. The van der Waals surface area contributed by atoms with E-state index in [1.165, 1.54) is 0 Å². The van der Waals surface area contributed by atoms with Crippen molar-refractivity contribution in [3.05, 3.63) is 64.9 Å². The van der Waals surface area contributed by atoms with Gasteiger partial charge in [-0.2, -0.15) is 0 Å². The Hall–Kier alpha value is -1.38. The lowest BCUT2D eigenvalue weighted by Gasteiger charge is -2.09. The molecule has 0 bridgehead atoms. The Bertz CT molecular complexity index is 444. The van der Waals surface area contributed by atoms with Crippen LogP contribution < -0.4 is 0 Å². The predicted octanol–water partition coefficient (Wildman–Crippen LogP) is 2.82. The summed E-state index contributed by atoms with van der Waals surface area (Å²) in [5.41, 5.74) is 1.38. The van der Waals surface area contributed by atoms with Crippen LogP contribution in [0, 0.1) is 0 Å². The lowest BCUT2D eigenvalue weighted by Crippen LogP contribution is -2.01. The summed E-state index contributed by atoms with van der Waals surface area (Å²) in [6.07, 6.45) is 0.869. The second-order valence-corrected chi connectivity index (χ2v) is 3.65. The molecule has 0 aliphatic rings. The normalized spacial score (nSPS) is 12.4. The molecule has 2 aromatic rings. The Morgan fingerprint density at radius 2 is 1.87 bits per heavy atom. The number of rotatable bonds is 2. The van der Waals surface area contributed by atoms with E-state index in [1.54, 1.807) is 18.3 Å². The molecule has 1 aromatic heterocycles. The predicted molar refractivity (Wildman–Crippen MR) is 59.8 cm³/mol. The molecule has 3 heteroatoms. The first-order chi connectivity index (χ1) is 7.27. The van der Waals surface area contributed by atoms with Gasteiger partial charge < -0.3 is 5.11 Å². The fourth-order valence-electron chi connectivity index (χ4n) is 1.38. The third-order valence-corrected chi connectivity index (χ3v) is 2.37. The SMILES string of the molecule is O[C@@H](c1ccccc1)c1cc(Cl)ccn1. The Morgan fingerprint density at radius 1 is 1.13 bits per heavy atom. The highest BCUT2D eigenvalue weighted by Gasteiger charge is 2.10. The van der Waals surface area contributed by atoms with Crippen molar-refractivity contribution in [2.45, 2.75) is 6.10 Å². The van der Waals surface area contributed by atoms with E-state index in [9.17, 15) is 5.11 Å². The maximum absolute atomic E-state index is 10.00. The molecule has 0 unspecified atom stereocenters. The van der Waals surface area contributed by atoms with Crippen LogP contribution in [0.3, 0.4) is 0 Å². The molecule has 1 heterocycles. The molecule has 0 aliphatic carbocycles. The molecular weight excluding hydrogens is 210 g/mol. The molecule has 0 spiro atoms. The van der Waals surface area contributed by atoms with E-state index in [-0.39, 0.29) is 0 Å². The molecule has 2 rings (SSSR count). The number of halogens is 1. The third-order valence-electron chi connectivity index (χ3n) is 2.14. The molecular formula is C12H10ClNO. The first-order valence-electron chi connectivity index (χ1n) is 4.62. The number of aliphatic hydroxyl groups is 1. The van der Waals surface area contributed by atoms with Gasteiger partial charge in [-0.15, -0.1) is 0 Å². The van der Waals surface area contributed by atoms with Gasteiger partial charge in [0.2, 0.25) is 0 Å². The average molecular weight is 220 g/mol. The maximum atomic E-state index is 10.00. The number of aliphatic hydroxyl groups excluding tert-OH is 1. The standard InChI is InChI=1S/C12H10ClNO/c13-10-6-7-14-11(8-10)12(15)9-4-2-1-3-5-9/h1-8,12,15H/t12-/m0/s1. The summed E-state index contributed by atoms with van der Waals surface area (Å²) in [5, 5.41) is 10.6. The Morgan fingerprint density at radius 3 is 2.53 bits per heavy atom. The smallest absolute Gasteiger partial charge is 0.121 e. The van der Waals surface area contributed by atoms with Crippen molar-refractivity contribution in [3.63, 3.8) is 0 Å². The minimum atomic E-state index is -0.718. The van der Waals surface area contributed by atoms with Gasteiger partial charge in [-0.25, -0.2) is 0 Å². The van der Waals surface area contributed by atoms with Crippen molar-refractivity contribution < 1.29 is 5.11 Å². The second kappa shape index (κ2) is 4.43. The second-order valence-electron chi connectivity index (χ2n) is 3.21. The number of hydrogen-bond acceptors (Lipinski definition) is 2. The summed E-state index contributed by atoms with van der Waals surface area (Å²) < 4.78 is 0. The van der Waals surface area contributed by atoms with Gasteiger partial charge in [-0.1, -0.05) is 41.9 Å². The number of aromatic nitrogens is 1. The molecule has 0 radical (unpaired) electrons. The monoisotopic (exact) mass is 219 g/mol. The number of hydrogen-bond donors (Lipinski definition) is 1. The van der Waals surface area contributed by atoms with E-state index < -0.39 is 6.10 Å². The van der Waals surface area contributed by atoms with Crippen molar-refractivity contribution in [2.24, 2.45) is 0 Å². The van der Waals surface area contributed by atoms with Crippen LogP contribution in [0.4, 0.5) is 0 Å². The van der Waals surface area contributed by atoms with E-state index in [1.807, 2.05) is 30.3 Å². The summed E-state index contributed by atoms with van der Waals surface area (Å²) in [6, 6.07) is 12.7. The fourth-order valence-corrected chi connectivity index (χ4v) is 1.54. The van der Waals surface area contributed by atoms with Gasteiger partial charge in [0.15, 0.2) is 0 Å². The van der Waals surface area contributed by atoms with Gasteiger partial charge >= 0.3 is 0 Å². The van der Waals surface area contributed by atoms with Crippen molar-refractivity contribution in [1.82, 2.24) is 4.98 Å². The summed E-state index contributed by atoms with van der Waals surface area (Å²) in [6.45, 7) is 0. The van der Waals surface area contributed by atoms with E-state index in [4.69, 9.17) is 11.6 Å². The van der Waals surface area contributed by atoms with Gasteiger partial charge in [0.25, 0.3) is 0 Å². The molecule has 2 nitrogen and oxygen atoms in total. The first-order valence-corrected chi connectivity index (χ1v) is 4.99. The van der Waals surface area contributed by atoms with Crippen molar-refractivity contribution in [1.29, 1.82) is 0 Å². The van der Waals surface area contributed by atoms with Crippen LogP contribution in [0.1, 0.15) is 17.4 Å². The van der Waals surface area contributed by atoms with Crippen LogP contribution in [0.5, 0.6) is 0 Å². The molecule has 1 N–H and O–H groups in total. The van der Waals surface area contributed by atoms with E-state index >= 15 is 0 Å². The zero-order valence-electron chi connectivity index (χ0n) is 7.97. The molecule has 15 heavy (non-hydrogen) atoms. The van der Waals surface area contributed by atoms with Crippen molar-refractivity contribution in [2.75, 3.05) is 0 Å². The van der Waals surface area contributed by atoms with Crippen molar-refractivity contribution in [3.8, 4) is 0 Å². The van der Waals surface area contributed by atoms with E-state index in [0.29, 0.717) is 10.7 Å². The topological polar surface area (TPSA) is 33.1 Å².